The first-order chi connectivity index (χ1) is 13.8. The van der Waals surface area contributed by atoms with Crippen molar-refractivity contribution in [2.24, 2.45) is 10.9 Å². The maximum absolute atomic E-state index is 12.8. The van der Waals surface area contributed by atoms with Gasteiger partial charge in [-0.05, 0) is 26.3 Å². The van der Waals surface area contributed by atoms with E-state index in [2.05, 4.69) is 4.99 Å². The molecule has 0 fully saturated rings. The summed E-state index contributed by atoms with van der Waals surface area (Å²) in [6.45, 7) is 4.94. The van der Waals surface area contributed by atoms with Gasteiger partial charge in [-0.25, -0.2) is 4.79 Å². The molecule has 2 atom stereocenters. The Morgan fingerprint density at radius 1 is 1.31 bits per heavy atom. The third-order valence-electron chi connectivity index (χ3n) is 4.48. The molecule has 9 heteroatoms. The molecule has 0 saturated heterocycles. The Hall–Kier alpha value is -3.54. The first kappa shape index (κ1) is 21.8. The van der Waals surface area contributed by atoms with Crippen LogP contribution in [-0.4, -0.2) is 35.8 Å². The molecule has 0 aromatic heterocycles. The van der Waals surface area contributed by atoms with Gasteiger partial charge in [0.25, 0.3) is 5.69 Å². The fraction of sp³-hybridized carbons (Fsp3) is 0.400. The summed E-state index contributed by atoms with van der Waals surface area (Å²) in [5, 5.41) is 19.9. The monoisotopic (exact) mass is 399 g/mol. The molecular weight excluding hydrogens is 378 g/mol. The zero-order valence-corrected chi connectivity index (χ0v) is 16.4. The van der Waals surface area contributed by atoms with Crippen LogP contribution < -0.4 is 0 Å². The SMILES string of the molecule is CCOC(=O)C1C(C)=NC(C)=C(C(=O)OCCC#N)[C@H]1c1cccc([N+](=O)[O-])c1. The van der Waals surface area contributed by atoms with Crippen molar-refractivity contribution in [2.75, 3.05) is 13.2 Å². The summed E-state index contributed by atoms with van der Waals surface area (Å²) in [6, 6.07) is 7.63. The molecule has 29 heavy (non-hydrogen) atoms. The molecule has 9 nitrogen and oxygen atoms in total. The normalized spacial score (nSPS) is 18.5. The van der Waals surface area contributed by atoms with Crippen LogP contribution in [-0.2, 0) is 19.1 Å². The van der Waals surface area contributed by atoms with Crippen molar-refractivity contribution >= 4 is 23.3 Å². The summed E-state index contributed by atoms with van der Waals surface area (Å²) in [5.41, 5.74) is 1.14. The van der Waals surface area contributed by atoms with Crippen LogP contribution in [0.2, 0.25) is 0 Å². The molecule has 1 aliphatic rings. The van der Waals surface area contributed by atoms with E-state index in [1.54, 1.807) is 26.8 Å². The smallest absolute Gasteiger partial charge is 0.336 e. The predicted molar refractivity (Wildman–Crippen MR) is 103 cm³/mol. The van der Waals surface area contributed by atoms with Gasteiger partial charge >= 0.3 is 11.9 Å². The summed E-state index contributed by atoms with van der Waals surface area (Å²) >= 11 is 0. The standard InChI is InChI=1S/C20H21N3O6/c1-4-28-19(24)16-12(2)22-13(3)17(20(25)29-10-6-9-21)18(16)14-7-5-8-15(11-14)23(26)27/h5,7-8,11,16,18H,4,6,10H2,1-3H3/t16?,18-/m0/s1. The summed E-state index contributed by atoms with van der Waals surface area (Å²) in [6.07, 6.45) is 0.0170. The van der Waals surface area contributed by atoms with Gasteiger partial charge in [0.05, 0.1) is 29.6 Å². The van der Waals surface area contributed by atoms with Crippen LogP contribution in [0.25, 0.3) is 0 Å². The Kier molecular flexibility index (Phi) is 7.20. The van der Waals surface area contributed by atoms with Crippen molar-refractivity contribution in [3.63, 3.8) is 0 Å². The van der Waals surface area contributed by atoms with Crippen molar-refractivity contribution < 1.29 is 24.0 Å². The van der Waals surface area contributed by atoms with Gasteiger partial charge in [-0.2, -0.15) is 5.26 Å². The van der Waals surface area contributed by atoms with E-state index in [0.29, 0.717) is 17.0 Å². The number of esters is 2. The van der Waals surface area contributed by atoms with Crippen molar-refractivity contribution in [3.05, 3.63) is 51.2 Å². The first-order valence-electron chi connectivity index (χ1n) is 9.02. The lowest BCUT2D eigenvalue weighted by Gasteiger charge is -2.31. The number of carbonyl (C=O) groups excluding carboxylic acids is 2. The first-order valence-corrected chi connectivity index (χ1v) is 9.02. The van der Waals surface area contributed by atoms with Gasteiger partial charge in [0, 0.05) is 29.5 Å². The average Bonchev–Trinajstić information content (AvgIpc) is 2.67. The molecule has 1 unspecified atom stereocenters. The van der Waals surface area contributed by atoms with Gasteiger partial charge in [0.15, 0.2) is 0 Å². The number of benzene rings is 1. The van der Waals surface area contributed by atoms with E-state index in [9.17, 15) is 19.7 Å². The van der Waals surface area contributed by atoms with Crippen molar-refractivity contribution in [3.8, 4) is 6.07 Å². The number of aliphatic imine (C=N–C) groups is 1. The predicted octanol–water partition coefficient (Wildman–Crippen LogP) is 3.06. The zero-order chi connectivity index (χ0) is 21.6. The van der Waals surface area contributed by atoms with Gasteiger partial charge in [0.1, 0.15) is 12.5 Å². The minimum absolute atomic E-state index is 0.0170. The fourth-order valence-corrected chi connectivity index (χ4v) is 3.30. The molecule has 0 aliphatic carbocycles. The molecule has 2 rings (SSSR count). The van der Waals surface area contributed by atoms with E-state index in [1.807, 2.05) is 6.07 Å². The Morgan fingerprint density at radius 2 is 2.03 bits per heavy atom. The minimum Gasteiger partial charge on any atom is -0.465 e. The Balaban J connectivity index is 2.60. The summed E-state index contributed by atoms with van der Waals surface area (Å²) in [5.74, 6) is -3.10. The largest absolute Gasteiger partial charge is 0.465 e. The second kappa shape index (κ2) is 9.59. The molecule has 0 N–H and O–H groups in total. The molecule has 152 valence electrons. The highest BCUT2D eigenvalue weighted by Crippen LogP contribution is 2.40. The Morgan fingerprint density at radius 3 is 2.66 bits per heavy atom. The number of hydrogen-bond acceptors (Lipinski definition) is 8. The van der Waals surface area contributed by atoms with E-state index < -0.39 is 28.7 Å². The Bertz CT molecular complexity index is 928. The van der Waals surface area contributed by atoms with E-state index in [1.165, 1.54) is 18.2 Å². The van der Waals surface area contributed by atoms with Crippen molar-refractivity contribution in [1.82, 2.24) is 0 Å². The lowest BCUT2D eigenvalue weighted by Crippen LogP contribution is -2.36. The number of non-ortho nitro benzene ring substituents is 1. The number of carbonyl (C=O) groups is 2. The number of hydrogen-bond donors (Lipinski definition) is 0. The lowest BCUT2D eigenvalue weighted by atomic mass is 9.75. The van der Waals surface area contributed by atoms with E-state index in [-0.39, 0.29) is 30.9 Å². The van der Waals surface area contributed by atoms with Gasteiger partial charge in [-0.15, -0.1) is 0 Å². The number of nitro benzene ring substituents is 1. The van der Waals surface area contributed by atoms with E-state index in [4.69, 9.17) is 14.7 Å². The van der Waals surface area contributed by atoms with Crippen molar-refractivity contribution in [1.29, 1.82) is 5.26 Å². The number of rotatable bonds is 7. The fourth-order valence-electron chi connectivity index (χ4n) is 3.30. The van der Waals surface area contributed by atoms with Crippen LogP contribution in [0.3, 0.4) is 0 Å². The second-order valence-electron chi connectivity index (χ2n) is 6.36. The minimum atomic E-state index is -0.931. The highest BCUT2D eigenvalue weighted by atomic mass is 16.6. The van der Waals surface area contributed by atoms with Crippen LogP contribution in [0.5, 0.6) is 0 Å². The molecule has 0 amide bonds. The number of nitriles is 1. The van der Waals surface area contributed by atoms with Crippen LogP contribution in [0.4, 0.5) is 5.69 Å². The molecule has 1 aliphatic heterocycles. The third kappa shape index (κ3) is 4.85. The Labute approximate surface area is 167 Å². The molecule has 0 spiro atoms. The summed E-state index contributed by atoms with van der Waals surface area (Å²) in [7, 11) is 0. The molecule has 0 bridgehead atoms. The number of nitrogens with zero attached hydrogens (tertiary/aromatic N) is 3. The maximum Gasteiger partial charge on any atom is 0.336 e. The van der Waals surface area contributed by atoms with Gasteiger partial charge in [0.2, 0.25) is 0 Å². The topological polar surface area (TPSA) is 132 Å². The summed E-state index contributed by atoms with van der Waals surface area (Å²) in [4.78, 5) is 40.5. The van der Waals surface area contributed by atoms with E-state index in [0.717, 1.165) is 0 Å². The van der Waals surface area contributed by atoms with Crippen LogP contribution >= 0.6 is 0 Å². The molecule has 1 aromatic rings. The van der Waals surface area contributed by atoms with Crippen molar-refractivity contribution in [2.45, 2.75) is 33.1 Å². The van der Waals surface area contributed by atoms with Crippen LogP contribution in [0.15, 0.2) is 40.5 Å². The van der Waals surface area contributed by atoms with Crippen LogP contribution in [0, 0.1) is 27.4 Å². The van der Waals surface area contributed by atoms with Crippen LogP contribution in [0.1, 0.15) is 38.7 Å². The molecular formula is C20H21N3O6. The molecule has 1 aromatic carbocycles. The highest BCUT2D eigenvalue weighted by molar-refractivity contribution is 6.07. The third-order valence-corrected chi connectivity index (χ3v) is 4.48. The summed E-state index contributed by atoms with van der Waals surface area (Å²) < 4.78 is 10.3. The van der Waals surface area contributed by atoms with Gasteiger partial charge < -0.3 is 9.47 Å². The highest BCUT2D eigenvalue weighted by Gasteiger charge is 2.42. The zero-order valence-electron chi connectivity index (χ0n) is 16.4. The quantitative estimate of drug-likeness (QED) is 0.298. The molecule has 0 radical (unpaired) electrons. The number of nitro groups is 1. The van der Waals surface area contributed by atoms with Gasteiger partial charge in [-0.3, -0.25) is 19.9 Å². The number of ether oxygens (including phenoxy) is 2. The van der Waals surface area contributed by atoms with E-state index >= 15 is 0 Å². The van der Waals surface area contributed by atoms with Gasteiger partial charge in [-0.1, -0.05) is 12.1 Å². The molecule has 1 heterocycles. The molecule has 0 saturated carbocycles. The number of allylic oxidation sites excluding steroid dienone is 1. The average molecular weight is 399 g/mol. The lowest BCUT2D eigenvalue weighted by molar-refractivity contribution is -0.384. The second-order valence-corrected chi connectivity index (χ2v) is 6.36. The maximum atomic E-state index is 12.8.